The maximum atomic E-state index is 12.5. The zero-order chi connectivity index (χ0) is 17.6. The standard InChI is InChI=1S/C18H23N5O2/c1-2-6-17(24)23-11-5-8-15(23)18(25)20-16-9-12-22(21-16)13-14-7-3-4-10-19-14/h3-4,7,9-10,12,15H,2,5-6,8,11,13H2,1H3,(H,20,21,25). The molecule has 1 fully saturated rings. The van der Waals surface area contributed by atoms with Crippen LogP contribution in [0.5, 0.6) is 0 Å². The lowest BCUT2D eigenvalue weighted by Crippen LogP contribution is -2.43. The maximum Gasteiger partial charge on any atom is 0.248 e. The van der Waals surface area contributed by atoms with Gasteiger partial charge in [-0.15, -0.1) is 0 Å². The van der Waals surface area contributed by atoms with Crippen molar-refractivity contribution in [1.29, 1.82) is 0 Å². The average molecular weight is 341 g/mol. The fourth-order valence-corrected chi connectivity index (χ4v) is 3.08. The number of hydrogen-bond donors (Lipinski definition) is 1. The van der Waals surface area contributed by atoms with Crippen LogP contribution in [0.4, 0.5) is 5.82 Å². The van der Waals surface area contributed by atoms with Crippen LogP contribution in [0, 0.1) is 0 Å². The van der Waals surface area contributed by atoms with Gasteiger partial charge in [-0.3, -0.25) is 19.3 Å². The first-order valence-electron chi connectivity index (χ1n) is 8.71. The Morgan fingerprint density at radius 3 is 2.96 bits per heavy atom. The zero-order valence-corrected chi connectivity index (χ0v) is 14.4. The Bertz CT molecular complexity index is 728. The van der Waals surface area contributed by atoms with Crippen molar-refractivity contribution >= 4 is 17.6 Å². The fraction of sp³-hybridized carbons (Fsp3) is 0.444. The molecule has 132 valence electrons. The molecule has 0 aromatic carbocycles. The Hall–Kier alpha value is -2.70. The van der Waals surface area contributed by atoms with E-state index in [1.165, 1.54) is 0 Å². The highest BCUT2D eigenvalue weighted by atomic mass is 16.2. The largest absolute Gasteiger partial charge is 0.331 e. The van der Waals surface area contributed by atoms with Gasteiger partial charge in [0, 0.05) is 31.4 Å². The van der Waals surface area contributed by atoms with E-state index < -0.39 is 0 Å². The molecular weight excluding hydrogens is 318 g/mol. The van der Waals surface area contributed by atoms with Gasteiger partial charge in [-0.25, -0.2) is 0 Å². The Morgan fingerprint density at radius 2 is 2.20 bits per heavy atom. The van der Waals surface area contributed by atoms with Crippen LogP contribution < -0.4 is 5.32 Å². The molecule has 1 saturated heterocycles. The third kappa shape index (κ3) is 4.23. The molecule has 2 amide bonds. The van der Waals surface area contributed by atoms with E-state index in [1.807, 2.05) is 25.1 Å². The highest BCUT2D eigenvalue weighted by molar-refractivity contribution is 5.96. The number of likely N-dealkylation sites (tertiary alicyclic amines) is 1. The second-order valence-electron chi connectivity index (χ2n) is 6.20. The van der Waals surface area contributed by atoms with Gasteiger partial charge in [0.25, 0.3) is 0 Å². The first-order chi connectivity index (χ1) is 12.2. The van der Waals surface area contributed by atoms with Gasteiger partial charge in [-0.2, -0.15) is 5.10 Å². The lowest BCUT2D eigenvalue weighted by atomic mass is 10.2. The van der Waals surface area contributed by atoms with E-state index in [0.29, 0.717) is 31.7 Å². The predicted molar refractivity (Wildman–Crippen MR) is 93.8 cm³/mol. The van der Waals surface area contributed by atoms with E-state index in [4.69, 9.17) is 0 Å². The highest BCUT2D eigenvalue weighted by Gasteiger charge is 2.33. The average Bonchev–Trinajstić information content (AvgIpc) is 3.25. The van der Waals surface area contributed by atoms with Gasteiger partial charge in [0.2, 0.25) is 11.8 Å². The molecule has 1 unspecified atom stereocenters. The minimum atomic E-state index is -0.389. The summed E-state index contributed by atoms with van der Waals surface area (Å²) in [6.45, 7) is 3.17. The van der Waals surface area contributed by atoms with Gasteiger partial charge in [-0.1, -0.05) is 13.0 Å². The zero-order valence-electron chi connectivity index (χ0n) is 14.4. The summed E-state index contributed by atoms with van der Waals surface area (Å²) in [5.74, 6) is 0.390. The molecule has 0 bridgehead atoms. The molecule has 1 N–H and O–H groups in total. The van der Waals surface area contributed by atoms with Crippen molar-refractivity contribution in [3.8, 4) is 0 Å². The highest BCUT2D eigenvalue weighted by Crippen LogP contribution is 2.20. The fourth-order valence-electron chi connectivity index (χ4n) is 3.08. The minimum absolute atomic E-state index is 0.0563. The van der Waals surface area contributed by atoms with Gasteiger partial charge < -0.3 is 10.2 Å². The van der Waals surface area contributed by atoms with Crippen LogP contribution >= 0.6 is 0 Å². The molecule has 2 aromatic rings. The Kier molecular flexibility index (Phi) is 5.42. The van der Waals surface area contributed by atoms with Crippen molar-refractivity contribution in [2.45, 2.75) is 45.2 Å². The Labute approximate surface area is 147 Å². The molecule has 3 heterocycles. The molecule has 1 atom stereocenters. The van der Waals surface area contributed by atoms with Crippen molar-refractivity contribution in [3.63, 3.8) is 0 Å². The van der Waals surface area contributed by atoms with E-state index in [0.717, 1.165) is 18.5 Å². The van der Waals surface area contributed by atoms with Crippen LogP contribution in [-0.2, 0) is 16.1 Å². The van der Waals surface area contributed by atoms with Crippen LogP contribution in [0.15, 0.2) is 36.7 Å². The molecule has 0 spiro atoms. The minimum Gasteiger partial charge on any atom is -0.331 e. The van der Waals surface area contributed by atoms with E-state index >= 15 is 0 Å². The van der Waals surface area contributed by atoms with Gasteiger partial charge in [0.1, 0.15) is 6.04 Å². The quantitative estimate of drug-likeness (QED) is 0.872. The number of carbonyl (C=O) groups excluding carboxylic acids is 2. The van der Waals surface area contributed by atoms with Gasteiger partial charge in [0.05, 0.1) is 12.2 Å². The summed E-state index contributed by atoms with van der Waals surface area (Å²) in [6.07, 6.45) is 6.39. The first kappa shape index (κ1) is 17.1. The third-order valence-electron chi connectivity index (χ3n) is 4.28. The van der Waals surface area contributed by atoms with Crippen LogP contribution in [0.25, 0.3) is 0 Å². The van der Waals surface area contributed by atoms with Crippen molar-refractivity contribution in [3.05, 3.63) is 42.4 Å². The molecule has 0 radical (unpaired) electrons. The van der Waals surface area contributed by atoms with E-state index in [1.54, 1.807) is 28.0 Å². The number of carbonyl (C=O) groups is 2. The molecule has 1 aliphatic rings. The Balaban J connectivity index is 1.60. The molecule has 7 nitrogen and oxygen atoms in total. The number of rotatable bonds is 6. The number of amides is 2. The SMILES string of the molecule is CCCC(=O)N1CCCC1C(=O)Nc1ccn(Cc2ccccn2)n1. The number of aromatic nitrogens is 3. The molecule has 7 heteroatoms. The maximum absolute atomic E-state index is 12.5. The van der Waals surface area contributed by atoms with Crippen LogP contribution in [0.1, 0.15) is 38.3 Å². The summed E-state index contributed by atoms with van der Waals surface area (Å²) in [6, 6.07) is 7.09. The summed E-state index contributed by atoms with van der Waals surface area (Å²) < 4.78 is 1.73. The Morgan fingerprint density at radius 1 is 1.32 bits per heavy atom. The number of anilines is 1. The summed E-state index contributed by atoms with van der Waals surface area (Å²) in [5, 5.41) is 7.20. The number of pyridine rings is 1. The summed E-state index contributed by atoms with van der Waals surface area (Å²) in [7, 11) is 0. The first-order valence-corrected chi connectivity index (χ1v) is 8.71. The predicted octanol–water partition coefficient (Wildman–Crippen LogP) is 2.06. The van der Waals surface area contributed by atoms with Crippen molar-refractivity contribution in [2.75, 3.05) is 11.9 Å². The topological polar surface area (TPSA) is 80.1 Å². The second kappa shape index (κ2) is 7.92. The van der Waals surface area contributed by atoms with Crippen LogP contribution in [-0.4, -0.2) is 44.1 Å². The number of nitrogens with one attached hydrogen (secondary N) is 1. The summed E-state index contributed by atoms with van der Waals surface area (Å²) in [5.41, 5.74) is 0.899. The van der Waals surface area contributed by atoms with E-state index in [9.17, 15) is 9.59 Å². The third-order valence-corrected chi connectivity index (χ3v) is 4.28. The number of nitrogens with zero attached hydrogens (tertiary/aromatic N) is 4. The molecule has 25 heavy (non-hydrogen) atoms. The molecule has 1 aliphatic heterocycles. The lowest BCUT2D eigenvalue weighted by Gasteiger charge is -2.23. The van der Waals surface area contributed by atoms with Gasteiger partial charge in [-0.05, 0) is 31.4 Å². The van der Waals surface area contributed by atoms with Gasteiger partial charge in [0.15, 0.2) is 5.82 Å². The normalized spacial score (nSPS) is 16.8. The molecule has 0 saturated carbocycles. The molecule has 3 rings (SSSR count). The summed E-state index contributed by atoms with van der Waals surface area (Å²) in [4.78, 5) is 30.6. The van der Waals surface area contributed by atoms with Crippen molar-refractivity contribution < 1.29 is 9.59 Å². The molecule has 2 aromatic heterocycles. The van der Waals surface area contributed by atoms with E-state index in [-0.39, 0.29) is 17.9 Å². The van der Waals surface area contributed by atoms with Crippen molar-refractivity contribution in [1.82, 2.24) is 19.7 Å². The smallest absolute Gasteiger partial charge is 0.248 e. The van der Waals surface area contributed by atoms with Crippen molar-refractivity contribution in [2.24, 2.45) is 0 Å². The lowest BCUT2D eigenvalue weighted by molar-refractivity contribution is -0.136. The monoisotopic (exact) mass is 341 g/mol. The van der Waals surface area contributed by atoms with Gasteiger partial charge >= 0.3 is 0 Å². The van der Waals surface area contributed by atoms with Crippen LogP contribution in [0.2, 0.25) is 0 Å². The molecular formula is C18H23N5O2. The molecule has 0 aliphatic carbocycles. The number of hydrogen-bond acceptors (Lipinski definition) is 4. The second-order valence-corrected chi connectivity index (χ2v) is 6.20. The summed E-state index contributed by atoms with van der Waals surface area (Å²) >= 11 is 0. The van der Waals surface area contributed by atoms with Crippen LogP contribution in [0.3, 0.4) is 0 Å². The van der Waals surface area contributed by atoms with E-state index in [2.05, 4.69) is 15.4 Å².